The smallest absolute Gasteiger partial charge is 0.311 e. The summed E-state index contributed by atoms with van der Waals surface area (Å²) < 4.78 is 5.38. The first-order valence-corrected chi connectivity index (χ1v) is 6.15. The third-order valence-electron chi connectivity index (χ3n) is 2.01. The molecule has 2 N–H and O–H groups in total. The lowest BCUT2D eigenvalue weighted by atomic mass is 10.1. The first-order chi connectivity index (χ1) is 7.90. The van der Waals surface area contributed by atoms with Crippen molar-refractivity contribution in [2.75, 3.05) is 0 Å². The maximum absolute atomic E-state index is 10.9. The van der Waals surface area contributed by atoms with E-state index in [1.807, 2.05) is 13.8 Å². The molecule has 5 nitrogen and oxygen atoms in total. The SMILES string of the molecule is CC(C)Oc1ccc(CC(N)Br)cc1[N+](=O)[O-]. The average molecular weight is 303 g/mol. The lowest BCUT2D eigenvalue weighted by Crippen LogP contribution is -2.14. The molecule has 0 fully saturated rings. The van der Waals surface area contributed by atoms with Crippen molar-refractivity contribution in [2.24, 2.45) is 5.73 Å². The van der Waals surface area contributed by atoms with Crippen molar-refractivity contribution in [3.63, 3.8) is 0 Å². The van der Waals surface area contributed by atoms with Crippen LogP contribution in [0.5, 0.6) is 5.75 Å². The van der Waals surface area contributed by atoms with Crippen LogP contribution in [0.2, 0.25) is 0 Å². The number of halogens is 1. The molecular weight excluding hydrogens is 288 g/mol. The van der Waals surface area contributed by atoms with Crippen molar-refractivity contribution in [1.82, 2.24) is 0 Å². The van der Waals surface area contributed by atoms with Gasteiger partial charge < -0.3 is 10.5 Å². The first kappa shape index (κ1) is 13.9. The molecule has 0 saturated heterocycles. The molecule has 1 aromatic rings. The summed E-state index contributed by atoms with van der Waals surface area (Å²) in [4.78, 5) is 10.3. The Labute approximate surface area is 108 Å². The highest BCUT2D eigenvalue weighted by atomic mass is 79.9. The zero-order chi connectivity index (χ0) is 13.0. The summed E-state index contributed by atoms with van der Waals surface area (Å²) in [5.41, 5.74) is 6.36. The zero-order valence-electron chi connectivity index (χ0n) is 9.72. The molecule has 6 heteroatoms. The molecule has 1 rings (SSSR count). The van der Waals surface area contributed by atoms with E-state index < -0.39 is 4.92 Å². The number of nitrogens with zero attached hydrogens (tertiary/aromatic N) is 1. The van der Waals surface area contributed by atoms with E-state index in [1.54, 1.807) is 12.1 Å². The second-order valence-electron chi connectivity index (χ2n) is 3.95. The van der Waals surface area contributed by atoms with E-state index in [0.29, 0.717) is 6.42 Å². The molecule has 0 bridgehead atoms. The van der Waals surface area contributed by atoms with E-state index in [1.165, 1.54) is 6.07 Å². The van der Waals surface area contributed by atoms with Gasteiger partial charge in [0.25, 0.3) is 0 Å². The normalized spacial score (nSPS) is 12.5. The number of alkyl halides is 1. The molecule has 1 atom stereocenters. The van der Waals surface area contributed by atoms with Gasteiger partial charge in [0.15, 0.2) is 5.75 Å². The largest absolute Gasteiger partial charge is 0.484 e. The lowest BCUT2D eigenvalue weighted by Gasteiger charge is -2.11. The van der Waals surface area contributed by atoms with Gasteiger partial charge in [-0.1, -0.05) is 22.0 Å². The number of nitrogens with two attached hydrogens (primary N) is 1. The zero-order valence-corrected chi connectivity index (χ0v) is 11.3. The van der Waals surface area contributed by atoms with Crippen molar-refractivity contribution in [1.29, 1.82) is 0 Å². The van der Waals surface area contributed by atoms with Crippen molar-refractivity contribution < 1.29 is 9.66 Å². The number of ether oxygens (including phenoxy) is 1. The summed E-state index contributed by atoms with van der Waals surface area (Å²) in [5.74, 6) is 0.289. The Morgan fingerprint density at radius 3 is 2.65 bits per heavy atom. The van der Waals surface area contributed by atoms with Crippen molar-refractivity contribution >= 4 is 21.6 Å². The molecule has 94 valence electrons. The van der Waals surface area contributed by atoms with Gasteiger partial charge >= 0.3 is 5.69 Å². The van der Waals surface area contributed by atoms with Crippen LogP contribution in [-0.2, 0) is 6.42 Å². The van der Waals surface area contributed by atoms with Gasteiger partial charge in [-0.3, -0.25) is 10.1 Å². The van der Waals surface area contributed by atoms with E-state index in [0.717, 1.165) is 5.56 Å². The highest BCUT2D eigenvalue weighted by Crippen LogP contribution is 2.29. The van der Waals surface area contributed by atoms with Gasteiger partial charge in [-0.2, -0.15) is 0 Å². The Morgan fingerprint density at radius 1 is 1.53 bits per heavy atom. The fourth-order valence-corrected chi connectivity index (χ4v) is 1.79. The molecule has 0 aromatic heterocycles. The van der Waals surface area contributed by atoms with Crippen molar-refractivity contribution in [2.45, 2.75) is 31.3 Å². The van der Waals surface area contributed by atoms with Gasteiger partial charge in [-0.05, 0) is 31.9 Å². The van der Waals surface area contributed by atoms with E-state index >= 15 is 0 Å². The van der Waals surface area contributed by atoms with Crippen molar-refractivity contribution in [3.8, 4) is 5.75 Å². The predicted octanol–water partition coefficient (Wildman–Crippen LogP) is 2.60. The topological polar surface area (TPSA) is 78.4 Å². The minimum Gasteiger partial charge on any atom is -0.484 e. The summed E-state index contributed by atoms with van der Waals surface area (Å²) >= 11 is 3.21. The molecule has 0 radical (unpaired) electrons. The quantitative estimate of drug-likeness (QED) is 0.392. The van der Waals surface area contributed by atoms with Gasteiger partial charge in [0, 0.05) is 6.07 Å². The lowest BCUT2D eigenvalue weighted by molar-refractivity contribution is -0.386. The van der Waals surface area contributed by atoms with Gasteiger partial charge in [0.1, 0.15) is 0 Å². The minimum absolute atomic E-state index is 0.0237. The van der Waals surface area contributed by atoms with Crippen LogP contribution < -0.4 is 10.5 Å². The van der Waals surface area contributed by atoms with Gasteiger partial charge in [-0.15, -0.1) is 0 Å². The van der Waals surface area contributed by atoms with Crippen molar-refractivity contribution in [3.05, 3.63) is 33.9 Å². The fourth-order valence-electron chi connectivity index (χ4n) is 1.41. The molecular formula is C11H15BrN2O3. The van der Waals surface area contributed by atoms with Crippen LogP contribution in [0.1, 0.15) is 19.4 Å². The third-order valence-corrected chi connectivity index (χ3v) is 2.34. The molecule has 17 heavy (non-hydrogen) atoms. The molecule has 0 heterocycles. The average Bonchev–Trinajstić information content (AvgIpc) is 2.18. The van der Waals surface area contributed by atoms with Crippen LogP contribution in [0, 0.1) is 10.1 Å². The highest BCUT2D eigenvalue weighted by molar-refractivity contribution is 9.09. The molecule has 0 aliphatic heterocycles. The molecule has 1 unspecified atom stereocenters. The molecule has 0 saturated carbocycles. The maximum Gasteiger partial charge on any atom is 0.311 e. The highest BCUT2D eigenvalue weighted by Gasteiger charge is 2.17. The Morgan fingerprint density at radius 2 is 2.18 bits per heavy atom. The van der Waals surface area contributed by atoms with E-state index in [9.17, 15) is 10.1 Å². The second-order valence-corrected chi connectivity index (χ2v) is 5.12. The summed E-state index contributed by atoms with van der Waals surface area (Å²) in [6.07, 6.45) is 0.431. The third kappa shape index (κ3) is 4.32. The Kier molecular flexibility index (Phi) is 4.89. The van der Waals surface area contributed by atoms with Gasteiger partial charge in [0.2, 0.25) is 0 Å². The summed E-state index contributed by atoms with van der Waals surface area (Å²) in [6, 6.07) is 4.90. The van der Waals surface area contributed by atoms with Crippen LogP contribution >= 0.6 is 15.9 Å². The number of benzene rings is 1. The molecule has 1 aromatic carbocycles. The Hall–Kier alpha value is -1.14. The standard InChI is InChI=1S/C11H15BrN2O3/c1-7(2)17-10-4-3-8(6-11(12)13)5-9(10)14(15)16/h3-5,7,11H,6,13H2,1-2H3. The van der Waals surface area contributed by atoms with E-state index in [2.05, 4.69) is 15.9 Å². The molecule has 0 amide bonds. The van der Waals surface area contributed by atoms with Crippen LogP contribution in [0.25, 0.3) is 0 Å². The van der Waals surface area contributed by atoms with Crippen LogP contribution in [0.4, 0.5) is 5.69 Å². The molecule has 0 spiro atoms. The summed E-state index contributed by atoms with van der Waals surface area (Å²) in [7, 11) is 0. The van der Waals surface area contributed by atoms with Crippen LogP contribution in [0.15, 0.2) is 18.2 Å². The number of nitro benzene ring substituents is 1. The number of hydrogen-bond donors (Lipinski definition) is 1. The summed E-state index contributed by atoms with van der Waals surface area (Å²) in [5, 5.41) is 10.9. The Balaban J connectivity index is 3.04. The molecule has 0 aliphatic carbocycles. The number of nitro groups is 1. The van der Waals surface area contributed by atoms with E-state index in [4.69, 9.17) is 10.5 Å². The first-order valence-electron chi connectivity index (χ1n) is 5.23. The van der Waals surface area contributed by atoms with Crippen LogP contribution in [0.3, 0.4) is 0 Å². The minimum atomic E-state index is -0.443. The maximum atomic E-state index is 10.9. The van der Waals surface area contributed by atoms with E-state index in [-0.39, 0.29) is 22.5 Å². The summed E-state index contributed by atoms with van der Waals surface area (Å²) in [6.45, 7) is 3.65. The fraction of sp³-hybridized carbons (Fsp3) is 0.455. The number of rotatable bonds is 5. The molecule has 0 aliphatic rings. The van der Waals surface area contributed by atoms with Gasteiger partial charge in [0.05, 0.1) is 16.0 Å². The second kappa shape index (κ2) is 5.97. The predicted molar refractivity (Wildman–Crippen MR) is 69.5 cm³/mol. The monoisotopic (exact) mass is 302 g/mol. The van der Waals surface area contributed by atoms with Crippen LogP contribution in [-0.4, -0.2) is 16.0 Å². The van der Waals surface area contributed by atoms with Gasteiger partial charge in [-0.25, -0.2) is 0 Å². The Bertz CT molecular complexity index is 408. The number of hydrogen-bond acceptors (Lipinski definition) is 4.